The minimum atomic E-state index is -0.672. The zero-order valence-corrected chi connectivity index (χ0v) is 8.45. The number of carboxylic acid groups (broad SMARTS) is 1. The van der Waals surface area contributed by atoms with Gasteiger partial charge in [-0.25, -0.2) is 0 Å². The Kier molecular flexibility index (Phi) is 1.88. The summed E-state index contributed by atoms with van der Waals surface area (Å²) in [4.78, 5) is 10.8. The number of aryl methyl sites for hydroxylation is 1. The number of carboxylic acids is 1. The molecular formula is C12H14O2. The first-order chi connectivity index (χ1) is 6.54. The van der Waals surface area contributed by atoms with Gasteiger partial charge in [-0.2, -0.15) is 0 Å². The van der Waals surface area contributed by atoms with Gasteiger partial charge in [-0.15, -0.1) is 0 Å². The van der Waals surface area contributed by atoms with Crippen LogP contribution in [0.1, 0.15) is 24.5 Å². The van der Waals surface area contributed by atoms with Crippen LogP contribution in [0.25, 0.3) is 0 Å². The third-order valence-electron chi connectivity index (χ3n) is 3.21. The second-order valence-electron chi connectivity index (χ2n) is 4.38. The fourth-order valence-electron chi connectivity index (χ4n) is 2.04. The van der Waals surface area contributed by atoms with Crippen molar-refractivity contribution >= 4 is 5.97 Å². The quantitative estimate of drug-likeness (QED) is 0.777. The molecule has 2 atom stereocenters. The zero-order valence-electron chi connectivity index (χ0n) is 8.45. The van der Waals surface area contributed by atoms with Gasteiger partial charge in [-0.05, 0) is 18.9 Å². The van der Waals surface area contributed by atoms with E-state index in [1.165, 1.54) is 5.56 Å². The normalized spacial score (nSPS) is 30.0. The minimum absolute atomic E-state index is 0.127. The number of benzene rings is 1. The molecule has 0 heterocycles. The molecule has 2 heteroatoms. The number of hydrogen-bond acceptors (Lipinski definition) is 1. The van der Waals surface area contributed by atoms with Crippen molar-refractivity contribution in [2.45, 2.75) is 25.7 Å². The van der Waals surface area contributed by atoms with E-state index in [1.54, 1.807) is 0 Å². The zero-order chi connectivity index (χ0) is 10.3. The summed E-state index contributed by atoms with van der Waals surface area (Å²) in [7, 11) is 0. The lowest BCUT2D eigenvalue weighted by atomic mass is 9.94. The van der Waals surface area contributed by atoms with E-state index >= 15 is 0 Å². The van der Waals surface area contributed by atoms with Crippen LogP contribution < -0.4 is 0 Å². The third kappa shape index (κ3) is 1.31. The molecule has 14 heavy (non-hydrogen) atoms. The molecule has 0 amide bonds. The van der Waals surface area contributed by atoms with Crippen molar-refractivity contribution in [2.75, 3.05) is 0 Å². The number of aliphatic carboxylic acids is 1. The molecular weight excluding hydrogens is 176 g/mol. The molecule has 0 bridgehead atoms. The lowest BCUT2D eigenvalue weighted by Gasteiger charge is -2.10. The summed E-state index contributed by atoms with van der Waals surface area (Å²) in [6.07, 6.45) is 0.770. The molecule has 0 saturated heterocycles. The summed E-state index contributed by atoms with van der Waals surface area (Å²) in [6, 6.07) is 8.14. The van der Waals surface area contributed by atoms with Gasteiger partial charge in [0.1, 0.15) is 0 Å². The van der Waals surface area contributed by atoms with E-state index in [1.807, 2.05) is 32.0 Å². The Morgan fingerprint density at radius 2 is 2.29 bits per heavy atom. The van der Waals surface area contributed by atoms with Crippen molar-refractivity contribution < 1.29 is 9.90 Å². The highest BCUT2D eigenvalue weighted by molar-refractivity contribution is 5.77. The van der Waals surface area contributed by atoms with Crippen molar-refractivity contribution in [1.82, 2.24) is 0 Å². The Bertz CT molecular complexity index is 384. The fraction of sp³-hybridized carbons (Fsp3) is 0.417. The molecule has 1 aliphatic carbocycles. The van der Waals surface area contributed by atoms with E-state index in [0.29, 0.717) is 0 Å². The summed E-state index contributed by atoms with van der Waals surface area (Å²) in [5, 5.41) is 8.92. The lowest BCUT2D eigenvalue weighted by molar-refractivity contribution is -0.138. The molecule has 1 unspecified atom stereocenters. The Balaban J connectivity index is 2.30. The van der Waals surface area contributed by atoms with Gasteiger partial charge in [0.2, 0.25) is 0 Å². The molecule has 1 aromatic rings. The van der Waals surface area contributed by atoms with Crippen LogP contribution in [0.5, 0.6) is 0 Å². The Hall–Kier alpha value is -1.31. The average molecular weight is 190 g/mol. The predicted octanol–water partition coefficient (Wildman–Crippen LogP) is 2.36. The molecule has 2 nitrogen and oxygen atoms in total. The monoisotopic (exact) mass is 190 g/mol. The van der Waals surface area contributed by atoms with Gasteiger partial charge in [-0.1, -0.05) is 36.8 Å². The van der Waals surface area contributed by atoms with Crippen LogP contribution in [0, 0.1) is 12.8 Å². The summed E-state index contributed by atoms with van der Waals surface area (Å²) < 4.78 is 0. The van der Waals surface area contributed by atoms with Gasteiger partial charge in [0.25, 0.3) is 0 Å². The highest BCUT2D eigenvalue weighted by Crippen LogP contribution is 2.54. The van der Waals surface area contributed by atoms with Crippen LogP contribution in [0.2, 0.25) is 0 Å². The van der Waals surface area contributed by atoms with Crippen molar-refractivity contribution in [3.05, 3.63) is 35.4 Å². The molecule has 0 aliphatic heterocycles. The second-order valence-corrected chi connectivity index (χ2v) is 4.38. The third-order valence-corrected chi connectivity index (χ3v) is 3.21. The molecule has 1 saturated carbocycles. The fourth-order valence-corrected chi connectivity index (χ4v) is 2.04. The maximum absolute atomic E-state index is 10.8. The molecule has 0 radical (unpaired) electrons. The second kappa shape index (κ2) is 2.84. The van der Waals surface area contributed by atoms with Gasteiger partial charge in [-0.3, -0.25) is 4.79 Å². The minimum Gasteiger partial charge on any atom is -0.481 e. The van der Waals surface area contributed by atoms with Crippen molar-refractivity contribution in [3.63, 3.8) is 0 Å². The van der Waals surface area contributed by atoms with E-state index in [4.69, 9.17) is 5.11 Å². The Labute approximate surface area is 83.6 Å². The highest BCUT2D eigenvalue weighted by atomic mass is 16.4. The molecule has 1 N–H and O–H groups in total. The number of hydrogen-bond donors (Lipinski definition) is 1. The SMILES string of the molecule is Cc1cccc(C2(C)C[C@H]2C(=O)O)c1. The van der Waals surface area contributed by atoms with Crippen molar-refractivity contribution in [3.8, 4) is 0 Å². The highest BCUT2D eigenvalue weighted by Gasteiger charge is 2.55. The first kappa shape index (κ1) is 9.25. The molecule has 74 valence electrons. The number of carbonyl (C=O) groups is 1. The first-order valence-electron chi connectivity index (χ1n) is 4.84. The van der Waals surface area contributed by atoms with Crippen LogP contribution in [0.4, 0.5) is 0 Å². The van der Waals surface area contributed by atoms with Crippen LogP contribution in [0.3, 0.4) is 0 Å². The topological polar surface area (TPSA) is 37.3 Å². The molecule has 0 spiro atoms. The van der Waals surface area contributed by atoms with E-state index in [9.17, 15) is 4.79 Å². The first-order valence-corrected chi connectivity index (χ1v) is 4.84. The summed E-state index contributed by atoms with van der Waals surface area (Å²) in [5.74, 6) is -0.863. The number of rotatable bonds is 2. The summed E-state index contributed by atoms with van der Waals surface area (Å²) in [6.45, 7) is 4.06. The molecule has 1 fully saturated rings. The van der Waals surface area contributed by atoms with Crippen LogP contribution in [0.15, 0.2) is 24.3 Å². The van der Waals surface area contributed by atoms with Crippen LogP contribution >= 0.6 is 0 Å². The van der Waals surface area contributed by atoms with E-state index in [0.717, 1.165) is 12.0 Å². The van der Waals surface area contributed by atoms with Crippen molar-refractivity contribution in [2.24, 2.45) is 5.92 Å². The van der Waals surface area contributed by atoms with Gasteiger partial charge in [0.05, 0.1) is 5.92 Å². The van der Waals surface area contributed by atoms with Crippen molar-refractivity contribution in [1.29, 1.82) is 0 Å². The molecule has 0 aromatic heterocycles. The Morgan fingerprint density at radius 1 is 1.57 bits per heavy atom. The summed E-state index contributed by atoms with van der Waals surface area (Å²) >= 11 is 0. The lowest BCUT2D eigenvalue weighted by Crippen LogP contribution is -2.10. The van der Waals surface area contributed by atoms with E-state index in [-0.39, 0.29) is 11.3 Å². The van der Waals surface area contributed by atoms with Gasteiger partial charge < -0.3 is 5.11 Å². The van der Waals surface area contributed by atoms with Crippen LogP contribution in [-0.2, 0) is 10.2 Å². The van der Waals surface area contributed by atoms with E-state index in [2.05, 4.69) is 6.07 Å². The average Bonchev–Trinajstić information content (AvgIpc) is 2.80. The maximum atomic E-state index is 10.8. The van der Waals surface area contributed by atoms with Gasteiger partial charge in [0.15, 0.2) is 0 Å². The maximum Gasteiger partial charge on any atom is 0.307 e. The summed E-state index contributed by atoms with van der Waals surface area (Å²) in [5.41, 5.74) is 2.22. The smallest absolute Gasteiger partial charge is 0.307 e. The largest absolute Gasteiger partial charge is 0.481 e. The molecule has 1 aliphatic rings. The van der Waals surface area contributed by atoms with E-state index < -0.39 is 5.97 Å². The van der Waals surface area contributed by atoms with Gasteiger partial charge >= 0.3 is 5.97 Å². The van der Waals surface area contributed by atoms with Gasteiger partial charge in [0, 0.05) is 5.41 Å². The molecule has 2 rings (SSSR count). The van der Waals surface area contributed by atoms with Crippen LogP contribution in [-0.4, -0.2) is 11.1 Å². The standard InChI is InChI=1S/C12H14O2/c1-8-4-3-5-9(6-8)12(2)7-10(12)11(13)14/h3-6,10H,7H2,1-2H3,(H,13,14)/t10-,12?/m0/s1. The Morgan fingerprint density at radius 3 is 2.79 bits per heavy atom. The molecule has 1 aromatic carbocycles. The predicted molar refractivity (Wildman–Crippen MR) is 54.3 cm³/mol.